The highest BCUT2D eigenvalue weighted by Crippen LogP contribution is 2.45. The van der Waals surface area contributed by atoms with Crippen LogP contribution in [-0.2, 0) is 65.4 Å². The number of ether oxygens (including phenoxy) is 4. The molecule has 95 heavy (non-hydrogen) atoms. The number of unbranched alkanes of at least 4 members (excludes halogenated alkanes) is 42. The molecular formula is C76H148O17P2. The fraction of sp³-hybridized carbons (Fsp3) is 0.947. The Morgan fingerprint density at radius 2 is 0.484 bits per heavy atom. The average Bonchev–Trinajstić information content (AvgIpc) is 1.56. The number of rotatable bonds is 74. The Hall–Kier alpha value is -1.94. The van der Waals surface area contributed by atoms with E-state index in [1.807, 2.05) is 0 Å². The zero-order valence-corrected chi connectivity index (χ0v) is 63.9. The molecule has 564 valence electrons. The highest BCUT2D eigenvalue weighted by atomic mass is 31.2. The van der Waals surface area contributed by atoms with Gasteiger partial charge in [0.15, 0.2) is 12.2 Å². The molecule has 5 atom stereocenters. The third-order valence-electron chi connectivity index (χ3n) is 17.6. The van der Waals surface area contributed by atoms with Crippen LogP contribution in [0.3, 0.4) is 0 Å². The summed E-state index contributed by atoms with van der Waals surface area (Å²) in [7, 11) is -9.91. The van der Waals surface area contributed by atoms with Crippen molar-refractivity contribution in [2.24, 2.45) is 17.8 Å². The summed E-state index contributed by atoms with van der Waals surface area (Å²) in [6.45, 7) is 11.9. The van der Waals surface area contributed by atoms with Gasteiger partial charge in [0.25, 0.3) is 0 Å². The van der Waals surface area contributed by atoms with Crippen molar-refractivity contribution in [1.82, 2.24) is 0 Å². The van der Waals surface area contributed by atoms with E-state index in [1.54, 1.807) is 0 Å². The molecule has 0 aromatic rings. The molecule has 0 aliphatic heterocycles. The summed E-state index contributed by atoms with van der Waals surface area (Å²) in [5, 5.41) is 10.6. The molecule has 3 N–H and O–H groups in total. The summed E-state index contributed by atoms with van der Waals surface area (Å²) in [6.07, 6.45) is 52.9. The fourth-order valence-electron chi connectivity index (χ4n) is 11.6. The van der Waals surface area contributed by atoms with Gasteiger partial charge in [0, 0.05) is 25.7 Å². The summed E-state index contributed by atoms with van der Waals surface area (Å²) in [5.41, 5.74) is 0. The molecule has 0 aliphatic rings. The fourth-order valence-corrected chi connectivity index (χ4v) is 13.2. The van der Waals surface area contributed by atoms with Gasteiger partial charge in [-0.05, 0) is 43.4 Å². The van der Waals surface area contributed by atoms with Gasteiger partial charge in [-0.1, -0.05) is 337 Å². The molecule has 0 saturated carbocycles. The molecule has 0 heterocycles. The van der Waals surface area contributed by atoms with Crippen LogP contribution in [0.1, 0.15) is 389 Å². The molecule has 0 aromatic heterocycles. The summed E-state index contributed by atoms with van der Waals surface area (Å²) in [4.78, 5) is 72.7. The van der Waals surface area contributed by atoms with Crippen LogP contribution in [0.2, 0.25) is 0 Å². The Kier molecular flexibility index (Phi) is 65.2. The van der Waals surface area contributed by atoms with Crippen LogP contribution in [0.25, 0.3) is 0 Å². The van der Waals surface area contributed by atoms with Crippen LogP contribution in [0, 0.1) is 17.8 Å². The normalized spacial score (nSPS) is 14.1. The SMILES string of the molecule is CCCCCCCCCCCCCCC(=O)OC[C@H](COP(=O)(O)OC[C@@H](O)COP(=O)(O)OC[C@@H](COC(=O)CCCCCCCCCCC(C)C)OC(=O)CCCCCCCCCCC(C)C)OC(=O)CCCCCCCCCCCCCCCCCCCCC(C)C. The van der Waals surface area contributed by atoms with Gasteiger partial charge in [0.1, 0.15) is 19.3 Å². The highest BCUT2D eigenvalue weighted by Gasteiger charge is 2.30. The lowest BCUT2D eigenvalue weighted by Crippen LogP contribution is -2.30. The van der Waals surface area contributed by atoms with Crippen molar-refractivity contribution in [1.29, 1.82) is 0 Å². The van der Waals surface area contributed by atoms with Crippen molar-refractivity contribution < 1.29 is 80.2 Å². The molecular weight excluding hydrogens is 1250 g/mol. The Balaban J connectivity index is 5.19. The Morgan fingerprint density at radius 1 is 0.284 bits per heavy atom. The lowest BCUT2D eigenvalue weighted by Gasteiger charge is -2.21. The first-order chi connectivity index (χ1) is 45.7. The van der Waals surface area contributed by atoms with E-state index < -0.39 is 97.5 Å². The molecule has 0 saturated heterocycles. The van der Waals surface area contributed by atoms with E-state index in [4.69, 9.17) is 37.0 Å². The number of esters is 4. The first kappa shape index (κ1) is 93.1. The predicted molar refractivity (Wildman–Crippen MR) is 386 cm³/mol. The second-order valence-electron chi connectivity index (χ2n) is 28.8. The lowest BCUT2D eigenvalue weighted by atomic mass is 10.0. The van der Waals surface area contributed by atoms with Gasteiger partial charge in [-0.3, -0.25) is 37.3 Å². The molecule has 0 aromatic carbocycles. The first-order valence-corrected chi connectivity index (χ1v) is 42.3. The highest BCUT2D eigenvalue weighted by molar-refractivity contribution is 7.47. The van der Waals surface area contributed by atoms with E-state index in [9.17, 15) is 43.2 Å². The standard InChI is InChI=1S/C76H148O17P2/c1-8-9-10-11-12-13-14-24-27-36-43-50-57-73(78)86-63-71(92-75(80)59-52-45-38-28-25-22-20-18-16-15-17-19-21-23-26-33-40-47-54-67(2)3)65-90-94(82,83)88-61-70(77)62-89-95(84,85)91-66-72(93-76(81)60-53-46-39-32-30-35-42-49-56-69(6)7)64-87-74(79)58-51-44-37-31-29-34-41-48-55-68(4)5/h67-72,77H,8-66H2,1-7H3,(H,82,83)(H,84,85)/t70-,71-,72-/m1/s1. The molecule has 17 nitrogen and oxygen atoms in total. The van der Waals surface area contributed by atoms with Crippen LogP contribution in [0.4, 0.5) is 0 Å². The van der Waals surface area contributed by atoms with E-state index >= 15 is 0 Å². The quantitative estimate of drug-likeness (QED) is 0.0222. The van der Waals surface area contributed by atoms with Gasteiger partial charge in [0.2, 0.25) is 0 Å². The number of phosphoric ester groups is 2. The minimum Gasteiger partial charge on any atom is -0.462 e. The van der Waals surface area contributed by atoms with Crippen LogP contribution in [0.5, 0.6) is 0 Å². The number of hydrogen-bond donors (Lipinski definition) is 3. The third kappa shape index (κ3) is 70.3. The van der Waals surface area contributed by atoms with Crippen molar-refractivity contribution >= 4 is 39.5 Å². The minimum atomic E-state index is -4.96. The van der Waals surface area contributed by atoms with Crippen molar-refractivity contribution in [3.63, 3.8) is 0 Å². The molecule has 0 amide bonds. The number of carbonyl (C=O) groups excluding carboxylic acids is 4. The Morgan fingerprint density at radius 3 is 0.716 bits per heavy atom. The van der Waals surface area contributed by atoms with Crippen molar-refractivity contribution in [2.45, 2.75) is 407 Å². The summed E-state index contributed by atoms with van der Waals surface area (Å²) >= 11 is 0. The second-order valence-corrected chi connectivity index (χ2v) is 31.7. The monoisotopic (exact) mass is 1400 g/mol. The number of aliphatic hydroxyl groups is 1. The van der Waals surface area contributed by atoms with Gasteiger partial charge in [-0.2, -0.15) is 0 Å². The zero-order valence-electron chi connectivity index (χ0n) is 62.1. The smallest absolute Gasteiger partial charge is 0.462 e. The predicted octanol–water partition coefficient (Wildman–Crippen LogP) is 22.2. The van der Waals surface area contributed by atoms with Gasteiger partial charge in [0.05, 0.1) is 26.4 Å². The van der Waals surface area contributed by atoms with Gasteiger partial charge < -0.3 is 33.8 Å². The van der Waals surface area contributed by atoms with Crippen molar-refractivity contribution in [2.75, 3.05) is 39.6 Å². The average molecular weight is 1400 g/mol. The Bertz CT molecular complexity index is 1850. The largest absolute Gasteiger partial charge is 0.472 e. The van der Waals surface area contributed by atoms with Crippen LogP contribution >= 0.6 is 15.6 Å². The van der Waals surface area contributed by atoms with E-state index in [-0.39, 0.29) is 25.7 Å². The summed E-state index contributed by atoms with van der Waals surface area (Å²) in [6, 6.07) is 0. The van der Waals surface area contributed by atoms with Crippen molar-refractivity contribution in [3.8, 4) is 0 Å². The lowest BCUT2D eigenvalue weighted by molar-refractivity contribution is -0.161. The molecule has 0 rings (SSSR count). The van der Waals surface area contributed by atoms with Crippen LogP contribution in [0.15, 0.2) is 0 Å². The minimum absolute atomic E-state index is 0.104. The van der Waals surface area contributed by atoms with E-state index in [1.165, 1.54) is 199 Å². The molecule has 0 bridgehead atoms. The molecule has 2 unspecified atom stereocenters. The number of carbonyl (C=O) groups is 4. The van der Waals surface area contributed by atoms with Gasteiger partial charge >= 0.3 is 39.5 Å². The molecule has 0 radical (unpaired) electrons. The summed E-state index contributed by atoms with van der Waals surface area (Å²) in [5.74, 6) is 0.145. The zero-order chi connectivity index (χ0) is 70.1. The van der Waals surface area contributed by atoms with Gasteiger partial charge in [-0.15, -0.1) is 0 Å². The number of aliphatic hydroxyl groups excluding tert-OH is 1. The maximum atomic E-state index is 13.1. The van der Waals surface area contributed by atoms with E-state index in [2.05, 4.69) is 48.5 Å². The third-order valence-corrected chi connectivity index (χ3v) is 19.5. The molecule has 0 aliphatic carbocycles. The van der Waals surface area contributed by atoms with E-state index in [0.29, 0.717) is 25.7 Å². The maximum absolute atomic E-state index is 13.1. The first-order valence-electron chi connectivity index (χ1n) is 39.3. The van der Waals surface area contributed by atoms with Crippen LogP contribution < -0.4 is 0 Å². The van der Waals surface area contributed by atoms with Gasteiger partial charge in [-0.25, -0.2) is 9.13 Å². The molecule has 0 fully saturated rings. The molecule has 0 spiro atoms. The number of hydrogen-bond acceptors (Lipinski definition) is 15. The maximum Gasteiger partial charge on any atom is 0.472 e. The topological polar surface area (TPSA) is 237 Å². The Labute approximate surface area is 581 Å². The summed E-state index contributed by atoms with van der Waals surface area (Å²) < 4.78 is 68.5. The second kappa shape index (κ2) is 66.6. The molecule has 19 heteroatoms. The number of phosphoric acid groups is 2. The van der Waals surface area contributed by atoms with Crippen molar-refractivity contribution in [3.05, 3.63) is 0 Å². The van der Waals surface area contributed by atoms with Crippen LogP contribution in [-0.4, -0.2) is 96.7 Å². The van der Waals surface area contributed by atoms with E-state index in [0.717, 1.165) is 108 Å².